The van der Waals surface area contributed by atoms with E-state index >= 15 is 0 Å². The number of rotatable bonds is 11. The molecule has 5 heterocycles. The monoisotopic (exact) mass is 702 g/mol. The summed E-state index contributed by atoms with van der Waals surface area (Å²) in [6.45, 7) is 16.3. The first-order valence-corrected chi connectivity index (χ1v) is 19.1. The Labute approximate surface area is 301 Å². The minimum Gasteiger partial charge on any atom is -0.390 e. The van der Waals surface area contributed by atoms with Crippen molar-refractivity contribution < 1.29 is 43.4 Å². The van der Waals surface area contributed by atoms with Gasteiger partial charge < -0.3 is 43.4 Å². The van der Waals surface area contributed by atoms with Crippen molar-refractivity contribution in [2.24, 2.45) is 5.92 Å². The molecule has 0 saturated carbocycles. The molecule has 0 aliphatic carbocycles. The van der Waals surface area contributed by atoms with Crippen LogP contribution >= 0.6 is 0 Å². The Bertz CT molecular complexity index is 1220. The van der Waals surface area contributed by atoms with Crippen LogP contribution in [0.4, 0.5) is 0 Å². The second-order valence-electron chi connectivity index (χ2n) is 16.4. The van der Waals surface area contributed by atoms with E-state index in [-0.39, 0.29) is 49.0 Å². The molecule has 0 spiro atoms. The average Bonchev–Trinajstić information content (AvgIpc) is 3.33. The van der Waals surface area contributed by atoms with E-state index in [4.69, 9.17) is 33.2 Å². The first-order valence-electron chi connectivity index (χ1n) is 19.1. The summed E-state index contributed by atoms with van der Waals surface area (Å²) in [5, 5.41) is 23.1. The lowest BCUT2D eigenvalue weighted by Gasteiger charge is -2.49. The molecule has 5 aliphatic heterocycles. The molecule has 0 aromatic heterocycles. The maximum absolute atomic E-state index is 11.8. The van der Waals surface area contributed by atoms with Gasteiger partial charge in [0.25, 0.3) is 0 Å². The second kappa shape index (κ2) is 16.7. The van der Waals surface area contributed by atoms with Crippen LogP contribution in [0.1, 0.15) is 112 Å². The molecule has 50 heavy (non-hydrogen) atoms. The van der Waals surface area contributed by atoms with Crippen LogP contribution in [0, 0.1) is 5.92 Å². The highest BCUT2D eigenvalue weighted by atomic mass is 16.7. The predicted octanol–water partition coefficient (Wildman–Crippen LogP) is 6.90. The quantitative estimate of drug-likeness (QED) is 0.176. The van der Waals surface area contributed by atoms with E-state index in [1.165, 1.54) is 5.57 Å². The van der Waals surface area contributed by atoms with Crippen LogP contribution in [-0.2, 0) is 33.2 Å². The van der Waals surface area contributed by atoms with Crippen LogP contribution in [-0.4, -0.2) is 102 Å². The fraction of sp³-hybridized carbons (Fsp3) is 0.805. The fourth-order valence-electron chi connectivity index (χ4n) is 8.97. The Hall–Kier alpha value is -1.40. The van der Waals surface area contributed by atoms with Gasteiger partial charge in [0.1, 0.15) is 6.10 Å². The van der Waals surface area contributed by atoms with Crippen molar-refractivity contribution in [2.45, 2.75) is 190 Å². The Morgan fingerprint density at radius 2 is 1.56 bits per heavy atom. The Morgan fingerprint density at radius 3 is 2.28 bits per heavy atom. The zero-order valence-corrected chi connectivity index (χ0v) is 32.0. The van der Waals surface area contributed by atoms with Crippen molar-refractivity contribution in [3.8, 4) is 0 Å². The molecule has 5 fully saturated rings. The first kappa shape index (κ1) is 39.8. The molecular formula is C41H66O9. The number of hydrogen-bond donors (Lipinski definition) is 2. The maximum atomic E-state index is 11.8. The molecular weight excluding hydrogens is 636 g/mol. The molecule has 0 aromatic rings. The zero-order chi connectivity index (χ0) is 36.3. The van der Waals surface area contributed by atoms with Gasteiger partial charge in [0.15, 0.2) is 6.29 Å². The van der Waals surface area contributed by atoms with Gasteiger partial charge >= 0.3 is 0 Å². The summed E-state index contributed by atoms with van der Waals surface area (Å²) in [6.07, 6.45) is 15.5. The molecule has 0 aromatic carbocycles. The third kappa shape index (κ3) is 9.03. The van der Waals surface area contributed by atoms with Crippen LogP contribution in [0.15, 0.2) is 48.1 Å². The molecule has 13 atom stereocenters. The molecule has 0 radical (unpaired) electrons. The first-order chi connectivity index (χ1) is 23.7. The van der Waals surface area contributed by atoms with Crippen LogP contribution in [0.25, 0.3) is 0 Å². The zero-order valence-electron chi connectivity index (χ0n) is 32.0. The molecule has 0 bridgehead atoms. The van der Waals surface area contributed by atoms with Gasteiger partial charge in [-0.25, -0.2) is 0 Å². The molecule has 9 heteroatoms. The van der Waals surface area contributed by atoms with Crippen molar-refractivity contribution >= 4 is 0 Å². The standard InChI is InChI=1S/C41H66O9/c1-10-11-12-13-17-34-39(5,43)20-18-31-32(46-34)19-21-40(6)36(47-31)24-33-38(50-40)29(42)25-41(7)35(48-33)22-28(4)30(49-41)16-14-15-26(2)27(3)23-37(44-8)45-9/h10-12,15,23,28-38,42-43H,1,13-14,16-22,24-25H2,2-9H3/b12-11-,26-15+,27-23+. The average molecular weight is 703 g/mol. The molecule has 13 unspecified atom stereocenters. The van der Waals surface area contributed by atoms with Crippen LogP contribution < -0.4 is 0 Å². The highest BCUT2D eigenvalue weighted by molar-refractivity contribution is 5.27. The van der Waals surface area contributed by atoms with Gasteiger partial charge in [0.2, 0.25) is 0 Å². The number of hydrogen-bond acceptors (Lipinski definition) is 9. The molecule has 5 rings (SSSR count). The van der Waals surface area contributed by atoms with E-state index in [1.54, 1.807) is 20.3 Å². The largest absolute Gasteiger partial charge is 0.390 e. The van der Waals surface area contributed by atoms with Gasteiger partial charge in [-0.2, -0.15) is 0 Å². The SMILES string of the molecule is C=C/C=C\CCC1OC2CCC3(C)OC4C(O)CC5(C)OC(CC/C=C(C)/C(C)=C/C(OC)OC)C(C)CC5OC4CC3OC2CCC1(C)O. The summed E-state index contributed by atoms with van der Waals surface area (Å²) in [4.78, 5) is 0. The minimum absolute atomic E-state index is 0.0605. The number of aliphatic hydroxyl groups excluding tert-OH is 1. The van der Waals surface area contributed by atoms with Gasteiger partial charge in [-0.3, -0.25) is 0 Å². The summed E-state index contributed by atoms with van der Waals surface area (Å²) >= 11 is 0. The Balaban J connectivity index is 1.24. The summed E-state index contributed by atoms with van der Waals surface area (Å²) < 4.78 is 45.0. The summed E-state index contributed by atoms with van der Waals surface area (Å²) in [5.41, 5.74) is 0.199. The van der Waals surface area contributed by atoms with Gasteiger partial charge in [-0.05, 0) is 110 Å². The number of ether oxygens (including phenoxy) is 7. The Morgan fingerprint density at radius 1 is 0.880 bits per heavy atom. The highest BCUT2D eigenvalue weighted by Gasteiger charge is 2.58. The van der Waals surface area contributed by atoms with Gasteiger partial charge in [0, 0.05) is 27.1 Å². The minimum atomic E-state index is -0.924. The van der Waals surface area contributed by atoms with E-state index < -0.39 is 29.0 Å². The van der Waals surface area contributed by atoms with Gasteiger partial charge in [-0.1, -0.05) is 43.4 Å². The van der Waals surface area contributed by atoms with E-state index in [2.05, 4.69) is 53.3 Å². The number of aliphatic hydroxyl groups is 2. The lowest BCUT2D eigenvalue weighted by atomic mass is 9.79. The summed E-state index contributed by atoms with van der Waals surface area (Å²) in [5.74, 6) is 0.305. The lowest BCUT2D eigenvalue weighted by Crippen LogP contribution is -2.59. The van der Waals surface area contributed by atoms with E-state index in [0.29, 0.717) is 25.2 Å². The van der Waals surface area contributed by atoms with E-state index in [9.17, 15) is 10.2 Å². The van der Waals surface area contributed by atoms with Gasteiger partial charge in [-0.15, -0.1) is 0 Å². The second-order valence-corrected chi connectivity index (χ2v) is 16.4. The third-order valence-electron chi connectivity index (χ3n) is 12.4. The molecule has 284 valence electrons. The third-order valence-corrected chi connectivity index (χ3v) is 12.4. The normalized spacial score (nSPS) is 44.4. The topological polar surface area (TPSA) is 105 Å². The van der Waals surface area contributed by atoms with Gasteiger partial charge in [0.05, 0.1) is 65.6 Å². The van der Waals surface area contributed by atoms with Crippen LogP contribution in [0.3, 0.4) is 0 Å². The summed E-state index contributed by atoms with van der Waals surface area (Å²) in [7, 11) is 3.28. The van der Waals surface area contributed by atoms with Crippen molar-refractivity contribution in [1.82, 2.24) is 0 Å². The molecule has 2 N–H and O–H groups in total. The molecule has 9 nitrogen and oxygen atoms in total. The van der Waals surface area contributed by atoms with Crippen LogP contribution in [0.2, 0.25) is 0 Å². The summed E-state index contributed by atoms with van der Waals surface area (Å²) in [6, 6.07) is 0. The van der Waals surface area contributed by atoms with Crippen molar-refractivity contribution in [3.05, 3.63) is 48.1 Å². The highest BCUT2D eigenvalue weighted by Crippen LogP contribution is 2.49. The predicted molar refractivity (Wildman–Crippen MR) is 194 cm³/mol. The van der Waals surface area contributed by atoms with E-state index in [1.807, 2.05) is 19.1 Å². The maximum Gasteiger partial charge on any atom is 0.176 e. The van der Waals surface area contributed by atoms with Crippen molar-refractivity contribution in [1.29, 1.82) is 0 Å². The number of methoxy groups -OCH3 is 2. The Kier molecular flexibility index (Phi) is 13.3. The smallest absolute Gasteiger partial charge is 0.176 e. The molecule has 5 aliphatic rings. The fourth-order valence-corrected chi connectivity index (χ4v) is 8.97. The lowest BCUT2D eigenvalue weighted by molar-refractivity contribution is -0.273. The van der Waals surface area contributed by atoms with Crippen LogP contribution in [0.5, 0.6) is 0 Å². The van der Waals surface area contributed by atoms with Crippen molar-refractivity contribution in [2.75, 3.05) is 14.2 Å². The molecule has 0 amide bonds. The molecule has 5 saturated heterocycles. The van der Waals surface area contributed by atoms with E-state index in [0.717, 1.165) is 56.9 Å². The number of fused-ring (bicyclic) bond motifs is 4. The van der Waals surface area contributed by atoms with Crippen molar-refractivity contribution in [3.63, 3.8) is 0 Å². The number of allylic oxidation sites excluding steroid dienone is 6.